The molecule has 20 heavy (non-hydrogen) atoms. The minimum atomic E-state index is 0.118. The summed E-state index contributed by atoms with van der Waals surface area (Å²) in [6.45, 7) is 11.8. The van der Waals surface area contributed by atoms with Gasteiger partial charge in [0.2, 0.25) is 0 Å². The van der Waals surface area contributed by atoms with Crippen molar-refractivity contribution < 1.29 is 0 Å². The van der Waals surface area contributed by atoms with Gasteiger partial charge in [-0.05, 0) is 43.0 Å². The van der Waals surface area contributed by atoms with Gasteiger partial charge in [0, 0.05) is 31.0 Å². The van der Waals surface area contributed by atoms with Crippen molar-refractivity contribution in [3.05, 3.63) is 30.1 Å². The summed E-state index contributed by atoms with van der Waals surface area (Å²) in [6, 6.07) is 4.20. The third-order valence-electron chi connectivity index (χ3n) is 4.64. The maximum atomic E-state index is 6.20. The summed E-state index contributed by atoms with van der Waals surface area (Å²) >= 11 is 0. The Morgan fingerprint density at radius 3 is 2.35 bits per heavy atom. The van der Waals surface area contributed by atoms with E-state index in [0.29, 0.717) is 5.92 Å². The zero-order valence-corrected chi connectivity index (χ0v) is 13.6. The average Bonchev–Trinajstić information content (AvgIpc) is 2.51. The first-order chi connectivity index (χ1) is 9.61. The Morgan fingerprint density at radius 1 is 1.25 bits per heavy atom. The van der Waals surface area contributed by atoms with Crippen LogP contribution in [0.2, 0.25) is 0 Å². The monoisotopic (exact) mass is 277 g/mol. The van der Waals surface area contributed by atoms with Gasteiger partial charge in [-0.15, -0.1) is 0 Å². The number of pyridine rings is 1. The minimum Gasteiger partial charge on any atom is -0.329 e. The van der Waals surface area contributed by atoms with Crippen LogP contribution in [0.1, 0.15) is 52.5 Å². The van der Waals surface area contributed by atoms with Crippen LogP contribution in [-0.4, -0.2) is 28.5 Å². The molecule has 0 aliphatic rings. The summed E-state index contributed by atoms with van der Waals surface area (Å²) in [5.41, 5.74) is 7.63. The maximum Gasteiger partial charge on any atom is 0.0335 e. The van der Waals surface area contributed by atoms with E-state index in [4.69, 9.17) is 5.73 Å². The van der Waals surface area contributed by atoms with Gasteiger partial charge >= 0.3 is 0 Å². The lowest BCUT2D eigenvalue weighted by Crippen LogP contribution is -2.54. The van der Waals surface area contributed by atoms with Crippen LogP contribution in [0.25, 0.3) is 0 Å². The van der Waals surface area contributed by atoms with Crippen LogP contribution < -0.4 is 5.73 Å². The van der Waals surface area contributed by atoms with Crippen molar-refractivity contribution in [2.75, 3.05) is 13.1 Å². The Bertz CT molecular complexity index is 360. The number of nitrogens with two attached hydrogens (primary N) is 1. The predicted molar refractivity (Wildman–Crippen MR) is 86.5 cm³/mol. The number of likely N-dealkylation sites (N-methyl/N-ethyl adjacent to an activating group) is 1. The molecular formula is C17H31N3. The van der Waals surface area contributed by atoms with E-state index in [1.54, 1.807) is 0 Å². The van der Waals surface area contributed by atoms with E-state index in [0.717, 1.165) is 26.1 Å². The van der Waals surface area contributed by atoms with E-state index < -0.39 is 0 Å². The maximum absolute atomic E-state index is 6.20. The molecule has 1 aromatic rings. The lowest BCUT2D eigenvalue weighted by atomic mass is 9.82. The first kappa shape index (κ1) is 17.1. The Morgan fingerprint density at radius 2 is 1.90 bits per heavy atom. The molecule has 114 valence electrons. The smallest absolute Gasteiger partial charge is 0.0335 e. The molecule has 1 heterocycles. The third kappa shape index (κ3) is 4.29. The fraction of sp³-hybridized carbons (Fsp3) is 0.706. The van der Waals surface area contributed by atoms with Gasteiger partial charge in [-0.1, -0.05) is 34.1 Å². The van der Waals surface area contributed by atoms with Crippen LogP contribution in [0.15, 0.2) is 24.5 Å². The molecule has 3 nitrogen and oxygen atoms in total. The predicted octanol–water partition coefficient (Wildman–Crippen LogP) is 3.45. The number of rotatable bonds is 9. The lowest BCUT2D eigenvalue weighted by molar-refractivity contribution is 0.0634. The lowest BCUT2D eigenvalue weighted by Gasteiger charge is -2.44. The quantitative estimate of drug-likeness (QED) is 0.752. The van der Waals surface area contributed by atoms with Crippen molar-refractivity contribution in [3.8, 4) is 0 Å². The molecule has 1 rings (SSSR count). The van der Waals surface area contributed by atoms with Gasteiger partial charge in [0.25, 0.3) is 0 Å². The molecule has 3 heteroatoms. The van der Waals surface area contributed by atoms with Gasteiger partial charge in [-0.2, -0.15) is 0 Å². The first-order valence-electron chi connectivity index (χ1n) is 7.95. The van der Waals surface area contributed by atoms with Crippen LogP contribution in [-0.2, 0) is 6.54 Å². The highest BCUT2D eigenvalue weighted by atomic mass is 15.2. The average molecular weight is 277 g/mol. The fourth-order valence-corrected chi connectivity index (χ4v) is 2.97. The summed E-state index contributed by atoms with van der Waals surface area (Å²) in [7, 11) is 0. The molecule has 0 aromatic carbocycles. The van der Waals surface area contributed by atoms with Crippen LogP contribution in [0.3, 0.4) is 0 Å². The van der Waals surface area contributed by atoms with E-state index in [1.807, 2.05) is 12.4 Å². The van der Waals surface area contributed by atoms with Gasteiger partial charge < -0.3 is 5.73 Å². The molecular weight excluding hydrogens is 246 g/mol. The zero-order valence-electron chi connectivity index (χ0n) is 13.6. The summed E-state index contributed by atoms with van der Waals surface area (Å²) in [5, 5.41) is 0. The molecule has 0 amide bonds. The topological polar surface area (TPSA) is 42.1 Å². The molecule has 0 saturated carbocycles. The highest BCUT2D eigenvalue weighted by Crippen LogP contribution is 2.29. The second kappa shape index (κ2) is 8.38. The zero-order chi connectivity index (χ0) is 15.0. The molecule has 0 radical (unpaired) electrons. The number of aromatic nitrogens is 1. The molecule has 0 aliphatic carbocycles. The molecule has 0 aliphatic heterocycles. The van der Waals surface area contributed by atoms with Crippen LogP contribution in [0.4, 0.5) is 0 Å². The number of hydrogen-bond donors (Lipinski definition) is 1. The number of nitrogens with zero attached hydrogens (tertiary/aromatic N) is 2. The second-order valence-electron chi connectivity index (χ2n) is 5.87. The molecule has 0 spiro atoms. The second-order valence-corrected chi connectivity index (χ2v) is 5.87. The molecule has 2 atom stereocenters. The van der Waals surface area contributed by atoms with Gasteiger partial charge in [-0.25, -0.2) is 0 Å². The van der Waals surface area contributed by atoms with Crippen LogP contribution >= 0.6 is 0 Å². The first-order valence-corrected chi connectivity index (χ1v) is 7.95. The van der Waals surface area contributed by atoms with Crippen LogP contribution in [0.5, 0.6) is 0 Å². The molecule has 0 bridgehead atoms. The van der Waals surface area contributed by atoms with Gasteiger partial charge in [0.1, 0.15) is 0 Å². The van der Waals surface area contributed by atoms with E-state index in [2.05, 4.69) is 49.7 Å². The standard InChI is InChI=1S/C17H31N3/c1-5-15(4)12-17(6-2,14-18)20(7-3)13-16-8-10-19-11-9-16/h8-11,15H,5-7,12-14,18H2,1-4H3. The third-order valence-corrected chi connectivity index (χ3v) is 4.64. The van der Waals surface area contributed by atoms with E-state index in [-0.39, 0.29) is 5.54 Å². The Balaban J connectivity index is 2.90. The summed E-state index contributed by atoms with van der Waals surface area (Å²) in [6.07, 6.45) is 7.23. The largest absolute Gasteiger partial charge is 0.329 e. The Hall–Kier alpha value is -0.930. The molecule has 0 fully saturated rings. The van der Waals surface area contributed by atoms with Crippen molar-refractivity contribution >= 4 is 0 Å². The van der Waals surface area contributed by atoms with Gasteiger partial charge in [0.05, 0.1) is 0 Å². The SMILES string of the molecule is CCC(C)CC(CC)(CN)N(CC)Cc1ccncc1. The fourth-order valence-electron chi connectivity index (χ4n) is 2.97. The highest BCUT2D eigenvalue weighted by Gasteiger charge is 2.34. The van der Waals surface area contributed by atoms with E-state index >= 15 is 0 Å². The van der Waals surface area contributed by atoms with E-state index in [9.17, 15) is 0 Å². The molecule has 2 unspecified atom stereocenters. The van der Waals surface area contributed by atoms with Crippen LogP contribution in [0, 0.1) is 5.92 Å². The normalized spacial score (nSPS) is 16.1. The summed E-state index contributed by atoms with van der Waals surface area (Å²) in [5.74, 6) is 0.713. The highest BCUT2D eigenvalue weighted by molar-refractivity contribution is 5.10. The molecule has 1 aromatic heterocycles. The van der Waals surface area contributed by atoms with Crippen molar-refractivity contribution in [1.82, 2.24) is 9.88 Å². The van der Waals surface area contributed by atoms with Gasteiger partial charge in [0.15, 0.2) is 0 Å². The minimum absolute atomic E-state index is 0.118. The van der Waals surface area contributed by atoms with Crippen molar-refractivity contribution in [2.45, 2.75) is 59.0 Å². The van der Waals surface area contributed by atoms with E-state index in [1.165, 1.54) is 18.4 Å². The molecule has 0 saturated heterocycles. The van der Waals surface area contributed by atoms with Crippen molar-refractivity contribution in [3.63, 3.8) is 0 Å². The Labute approximate surface area is 124 Å². The van der Waals surface area contributed by atoms with Gasteiger partial charge in [-0.3, -0.25) is 9.88 Å². The summed E-state index contributed by atoms with van der Waals surface area (Å²) < 4.78 is 0. The summed E-state index contributed by atoms with van der Waals surface area (Å²) in [4.78, 5) is 6.65. The number of hydrogen-bond acceptors (Lipinski definition) is 3. The Kier molecular flexibility index (Phi) is 7.17. The molecule has 2 N–H and O–H groups in total. The van der Waals surface area contributed by atoms with Crippen molar-refractivity contribution in [1.29, 1.82) is 0 Å². The van der Waals surface area contributed by atoms with Crippen molar-refractivity contribution in [2.24, 2.45) is 11.7 Å².